The van der Waals surface area contributed by atoms with Crippen molar-refractivity contribution in [1.29, 1.82) is 0 Å². The van der Waals surface area contributed by atoms with Crippen molar-refractivity contribution in [2.75, 3.05) is 13.2 Å². The molecule has 7 atom stereocenters. The molecule has 1 aromatic heterocycles. The van der Waals surface area contributed by atoms with Gasteiger partial charge in [0, 0.05) is 19.4 Å². The van der Waals surface area contributed by atoms with Crippen molar-refractivity contribution in [3.8, 4) is 0 Å². The Morgan fingerprint density at radius 2 is 2.10 bits per heavy atom. The molecule has 0 unspecified atom stereocenters. The minimum atomic E-state index is -0.644. The van der Waals surface area contributed by atoms with Gasteiger partial charge in [-0.3, -0.25) is 9.59 Å². The predicted molar refractivity (Wildman–Crippen MR) is 111 cm³/mol. The first-order chi connectivity index (χ1) is 14.6. The zero-order valence-electron chi connectivity index (χ0n) is 18.9. The fraction of sp³-hybridized carbons (Fsp3) is 0.750. The number of carbonyl (C=O) groups is 2. The minimum absolute atomic E-state index is 0.154. The van der Waals surface area contributed by atoms with Crippen molar-refractivity contribution in [3.63, 3.8) is 0 Å². The number of aliphatic hydroxyl groups excluding tert-OH is 1. The van der Waals surface area contributed by atoms with Crippen molar-refractivity contribution in [3.05, 3.63) is 24.2 Å². The van der Waals surface area contributed by atoms with Crippen LogP contribution in [0.1, 0.15) is 71.5 Å². The Morgan fingerprint density at radius 3 is 2.68 bits per heavy atom. The van der Waals surface area contributed by atoms with Gasteiger partial charge in [-0.2, -0.15) is 0 Å². The van der Waals surface area contributed by atoms with Crippen LogP contribution >= 0.6 is 0 Å². The van der Waals surface area contributed by atoms with Crippen LogP contribution in [0.25, 0.3) is 0 Å². The van der Waals surface area contributed by atoms with Crippen LogP contribution in [0.3, 0.4) is 0 Å². The van der Waals surface area contributed by atoms with Crippen molar-refractivity contribution >= 4 is 11.9 Å². The lowest BCUT2D eigenvalue weighted by molar-refractivity contribution is -0.377. The quantitative estimate of drug-likeness (QED) is 0.681. The summed E-state index contributed by atoms with van der Waals surface area (Å²) in [5.41, 5.74) is -0.466. The standard InChI is InChI=1S/C24H34O7/c1-15-10-21(27)24-14-30-23(24,13-29-16(2)25)8-5-6-20(24)22(15,4)11-19(31-17(3)26)18-7-9-28-12-18/h7,9,12,15,19-21,27H,5-6,8,10-11,13-14H2,1-4H3/t15-,19+,20-,21+,22+,23+,24+/m1/s1. The summed E-state index contributed by atoms with van der Waals surface area (Å²) in [4.78, 5) is 23.4. The Hall–Kier alpha value is -1.86. The molecular formula is C24H34O7. The van der Waals surface area contributed by atoms with E-state index in [9.17, 15) is 14.7 Å². The molecule has 0 amide bonds. The summed E-state index contributed by atoms with van der Waals surface area (Å²) in [7, 11) is 0. The Bertz CT molecular complexity index is 820. The topological polar surface area (TPSA) is 95.2 Å². The molecule has 4 rings (SSSR count). The molecular weight excluding hydrogens is 400 g/mol. The van der Waals surface area contributed by atoms with Crippen LogP contribution in [-0.4, -0.2) is 42.0 Å². The van der Waals surface area contributed by atoms with Crippen molar-refractivity contribution in [2.45, 2.75) is 77.6 Å². The fourth-order valence-corrected chi connectivity index (χ4v) is 6.82. The van der Waals surface area contributed by atoms with Gasteiger partial charge in [-0.1, -0.05) is 20.3 Å². The number of hydrogen-bond acceptors (Lipinski definition) is 7. The molecule has 2 heterocycles. The monoisotopic (exact) mass is 434 g/mol. The van der Waals surface area contributed by atoms with Gasteiger partial charge >= 0.3 is 11.9 Å². The van der Waals surface area contributed by atoms with Gasteiger partial charge < -0.3 is 23.7 Å². The van der Waals surface area contributed by atoms with E-state index >= 15 is 0 Å². The third-order valence-electron chi connectivity index (χ3n) is 8.58. The van der Waals surface area contributed by atoms with Crippen LogP contribution in [0, 0.1) is 22.7 Å². The maximum Gasteiger partial charge on any atom is 0.303 e. The Balaban J connectivity index is 1.69. The molecule has 0 radical (unpaired) electrons. The van der Waals surface area contributed by atoms with Gasteiger partial charge in [0.05, 0.1) is 30.7 Å². The number of aliphatic hydroxyl groups is 1. The van der Waals surface area contributed by atoms with Gasteiger partial charge in [0.2, 0.25) is 0 Å². The second-order valence-corrected chi connectivity index (χ2v) is 10.1. The van der Waals surface area contributed by atoms with Gasteiger partial charge in [-0.05, 0) is 49.0 Å². The number of ether oxygens (including phenoxy) is 3. The van der Waals surface area contributed by atoms with Crippen LogP contribution in [-0.2, 0) is 23.8 Å². The first-order valence-electron chi connectivity index (χ1n) is 11.3. The van der Waals surface area contributed by atoms with Crippen LogP contribution in [0.4, 0.5) is 0 Å². The molecule has 0 bridgehead atoms. The average Bonchev–Trinajstić information content (AvgIpc) is 3.20. The van der Waals surface area contributed by atoms with Crippen LogP contribution < -0.4 is 0 Å². The molecule has 0 aromatic carbocycles. The largest absolute Gasteiger partial charge is 0.472 e. The summed E-state index contributed by atoms with van der Waals surface area (Å²) in [5, 5.41) is 11.4. The van der Waals surface area contributed by atoms with E-state index < -0.39 is 23.2 Å². The van der Waals surface area contributed by atoms with Gasteiger partial charge in [-0.25, -0.2) is 0 Å². The van der Waals surface area contributed by atoms with E-state index in [4.69, 9.17) is 18.6 Å². The van der Waals surface area contributed by atoms with Crippen molar-refractivity contribution in [1.82, 2.24) is 0 Å². The third-order valence-corrected chi connectivity index (χ3v) is 8.58. The Kier molecular flexibility index (Phi) is 5.71. The minimum Gasteiger partial charge on any atom is -0.472 e. The molecule has 1 aromatic rings. The lowest BCUT2D eigenvalue weighted by atomic mass is 9.40. The Morgan fingerprint density at radius 1 is 1.32 bits per heavy atom. The third kappa shape index (κ3) is 3.41. The summed E-state index contributed by atoms with van der Waals surface area (Å²) < 4.78 is 22.6. The fourth-order valence-electron chi connectivity index (χ4n) is 6.82. The first kappa shape index (κ1) is 22.3. The maximum absolute atomic E-state index is 11.9. The molecule has 2 saturated carbocycles. The molecule has 31 heavy (non-hydrogen) atoms. The number of esters is 2. The van der Waals surface area contributed by atoms with E-state index in [2.05, 4.69) is 13.8 Å². The summed E-state index contributed by atoms with van der Waals surface area (Å²) in [6, 6.07) is 1.84. The predicted octanol–water partition coefficient (Wildman–Crippen LogP) is 3.80. The average molecular weight is 435 g/mol. The van der Waals surface area contributed by atoms with Crippen LogP contribution in [0.2, 0.25) is 0 Å². The van der Waals surface area contributed by atoms with Crippen molar-refractivity contribution < 1.29 is 33.3 Å². The highest BCUT2D eigenvalue weighted by atomic mass is 16.6. The number of hydrogen-bond donors (Lipinski definition) is 1. The van der Waals surface area contributed by atoms with E-state index in [0.717, 1.165) is 24.8 Å². The summed E-state index contributed by atoms with van der Waals surface area (Å²) in [6.07, 6.45) is 6.23. The molecule has 1 N–H and O–H groups in total. The summed E-state index contributed by atoms with van der Waals surface area (Å²) in [5.74, 6) is -0.290. The zero-order valence-corrected chi connectivity index (χ0v) is 18.9. The van der Waals surface area contributed by atoms with E-state index in [1.165, 1.54) is 13.8 Å². The zero-order chi connectivity index (χ0) is 22.4. The normalized spacial score (nSPS) is 40.1. The van der Waals surface area contributed by atoms with E-state index in [-0.39, 0.29) is 35.8 Å². The first-order valence-corrected chi connectivity index (χ1v) is 11.3. The molecule has 7 heteroatoms. The molecule has 3 fully saturated rings. The van der Waals surface area contributed by atoms with Gasteiger partial charge in [0.15, 0.2) is 0 Å². The number of carbonyl (C=O) groups excluding carboxylic acids is 2. The Labute approximate surface area is 183 Å². The van der Waals surface area contributed by atoms with E-state index in [1.54, 1.807) is 12.5 Å². The highest BCUT2D eigenvalue weighted by Gasteiger charge is 2.74. The molecule has 172 valence electrons. The smallest absolute Gasteiger partial charge is 0.303 e. The summed E-state index contributed by atoms with van der Waals surface area (Å²) in [6.45, 7) is 7.91. The lowest BCUT2D eigenvalue weighted by Crippen LogP contribution is -2.78. The lowest BCUT2D eigenvalue weighted by Gasteiger charge is -2.72. The molecule has 1 aliphatic heterocycles. The highest BCUT2D eigenvalue weighted by Crippen LogP contribution is 2.69. The van der Waals surface area contributed by atoms with E-state index in [0.29, 0.717) is 19.4 Å². The molecule has 3 aliphatic rings. The second-order valence-electron chi connectivity index (χ2n) is 10.1. The van der Waals surface area contributed by atoms with E-state index in [1.807, 2.05) is 6.07 Å². The van der Waals surface area contributed by atoms with Crippen LogP contribution in [0.15, 0.2) is 23.0 Å². The number of furan rings is 1. The van der Waals surface area contributed by atoms with Crippen LogP contribution in [0.5, 0.6) is 0 Å². The van der Waals surface area contributed by atoms with Gasteiger partial charge in [0.25, 0.3) is 0 Å². The second kappa shape index (κ2) is 7.93. The van der Waals surface area contributed by atoms with Gasteiger partial charge in [0.1, 0.15) is 18.3 Å². The van der Waals surface area contributed by atoms with Gasteiger partial charge in [-0.15, -0.1) is 0 Å². The molecule has 1 saturated heterocycles. The number of rotatable bonds is 6. The maximum atomic E-state index is 11.9. The SMILES string of the molecule is CC(=O)OC[C@@]12CCC[C@@H]3[C@@](C)(C[C@H](OC(C)=O)c4ccoc4)[C@H](C)C[C@H](O)[C@]31CO2. The highest BCUT2D eigenvalue weighted by molar-refractivity contribution is 5.66. The summed E-state index contributed by atoms with van der Waals surface area (Å²) >= 11 is 0. The molecule has 2 aliphatic carbocycles. The molecule has 7 nitrogen and oxygen atoms in total. The molecule has 1 spiro atoms. The van der Waals surface area contributed by atoms with Crippen molar-refractivity contribution in [2.24, 2.45) is 22.7 Å².